The minimum Gasteiger partial charge on any atom is -0.322 e. The predicted octanol–water partition coefficient (Wildman–Crippen LogP) is 1.14. The van der Waals surface area contributed by atoms with Crippen molar-refractivity contribution in [2.45, 2.75) is 62.6 Å². The number of aromatic nitrogens is 3. The van der Waals surface area contributed by atoms with Gasteiger partial charge in [-0.25, -0.2) is 9.78 Å². The highest BCUT2D eigenvalue weighted by molar-refractivity contribution is 7.99. The summed E-state index contributed by atoms with van der Waals surface area (Å²) in [6.45, 7) is 2.04. The zero-order valence-electron chi connectivity index (χ0n) is 14.1. The largest absolute Gasteiger partial charge is 0.344 e. The Morgan fingerprint density at radius 3 is 2.80 bits per heavy atom. The average Bonchev–Trinajstić information content (AvgIpc) is 3.13. The fraction of sp³-hybridized carbons (Fsp3) is 0.667. The lowest BCUT2D eigenvalue weighted by atomic mass is 9.82. The summed E-state index contributed by atoms with van der Waals surface area (Å²) < 4.78 is 0. The molecule has 0 atom stereocenters. The molecule has 1 aliphatic carbocycles. The van der Waals surface area contributed by atoms with Crippen LogP contribution in [0.3, 0.4) is 0 Å². The van der Waals surface area contributed by atoms with E-state index in [0.29, 0.717) is 18.0 Å². The number of thioether (sulfide) groups is 1. The summed E-state index contributed by atoms with van der Waals surface area (Å²) in [6.07, 6.45) is 5.85. The molecule has 1 saturated carbocycles. The average molecular weight is 366 g/mol. The Balaban J connectivity index is 1.53. The van der Waals surface area contributed by atoms with Crippen LogP contribution in [0.25, 0.3) is 0 Å². The van der Waals surface area contributed by atoms with E-state index < -0.39 is 17.5 Å². The molecule has 2 aliphatic rings. The van der Waals surface area contributed by atoms with E-state index in [1.807, 2.05) is 6.92 Å². The number of hydrazine groups is 1. The van der Waals surface area contributed by atoms with Gasteiger partial charge in [-0.05, 0) is 19.3 Å². The maximum Gasteiger partial charge on any atom is 0.344 e. The minimum atomic E-state index is -0.839. The van der Waals surface area contributed by atoms with E-state index in [2.05, 4.69) is 25.9 Å². The van der Waals surface area contributed by atoms with Gasteiger partial charge < -0.3 is 5.32 Å². The first kappa shape index (κ1) is 17.7. The summed E-state index contributed by atoms with van der Waals surface area (Å²) in [6, 6.07) is -0.562. The molecule has 9 nitrogen and oxygen atoms in total. The number of hydrogen-bond acceptors (Lipinski definition) is 6. The lowest BCUT2D eigenvalue weighted by Crippen LogP contribution is -2.51. The van der Waals surface area contributed by atoms with Crippen LogP contribution in [0.1, 0.15) is 51.3 Å². The van der Waals surface area contributed by atoms with Crippen molar-refractivity contribution in [3.63, 3.8) is 0 Å². The summed E-state index contributed by atoms with van der Waals surface area (Å²) >= 11 is 1.15. The zero-order chi connectivity index (χ0) is 17.9. The molecule has 1 aliphatic heterocycles. The van der Waals surface area contributed by atoms with Gasteiger partial charge in [-0.3, -0.25) is 20.1 Å². The second-order valence-corrected chi connectivity index (χ2v) is 7.29. The molecular weight excluding hydrogens is 344 g/mol. The van der Waals surface area contributed by atoms with Crippen LogP contribution in [0.4, 0.5) is 4.79 Å². The van der Waals surface area contributed by atoms with E-state index in [1.165, 1.54) is 0 Å². The van der Waals surface area contributed by atoms with Gasteiger partial charge in [0.15, 0.2) is 0 Å². The number of nitrogens with one attached hydrogen (secondary N) is 3. The number of H-pyrrole nitrogens is 1. The molecular formula is C15H22N6O3S. The number of urea groups is 1. The van der Waals surface area contributed by atoms with E-state index in [4.69, 9.17) is 0 Å². The van der Waals surface area contributed by atoms with Crippen LogP contribution >= 0.6 is 11.8 Å². The first-order valence-corrected chi connectivity index (χ1v) is 9.53. The topological polar surface area (TPSA) is 120 Å². The molecule has 2 fully saturated rings. The highest BCUT2D eigenvalue weighted by Crippen LogP contribution is 2.33. The predicted molar refractivity (Wildman–Crippen MR) is 90.4 cm³/mol. The van der Waals surface area contributed by atoms with Gasteiger partial charge in [-0.15, -0.1) is 5.10 Å². The van der Waals surface area contributed by atoms with Crippen LogP contribution in [0.15, 0.2) is 5.16 Å². The third-order valence-corrected chi connectivity index (χ3v) is 5.28. The van der Waals surface area contributed by atoms with Crippen LogP contribution in [-0.4, -0.2) is 49.3 Å². The normalized spacial score (nSPS) is 19.3. The number of hydrogen-bond donors (Lipinski definition) is 3. The van der Waals surface area contributed by atoms with Crippen molar-refractivity contribution in [2.24, 2.45) is 0 Å². The minimum absolute atomic E-state index is 0.0213. The molecule has 0 bridgehead atoms. The van der Waals surface area contributed by atoms with Crippen molar-refractivity contribution in [3.8, 4) is 0 Å². The Morgan fingerprint density at radius 2 is 2.08 bits per heavy atom. The first-order chi connectivity index (χ1) is 12.0. The molecule has 25 heavy (non-hydrogen) atoms. The van der Waals surface area contributed by atoms with Crippen LogP contribution in [0.5, 0.6) is 0 Å². The highest BCUT2D eigenvalue weighted by Gasteiger charge is 2.52. The number of imide groups is 1. The Hall–Kier alpha value is -2.10. The van der Waals surface area contributed by atoms with Gasteiger partial charge in [0.25, 0.3) is 5.91 Å². The van der Waals surface area contributed by atoms with Gasteiger partial charge in [0.05, 0.1) is 5.75 Å². The van der Waals surface area contributed by atoms with Crippen molar-refractivity contribution in [1.29, 1.82) is 0 Å². The Morgan fingerprint density at radius 1 is 1.32 bits per heavy atom. The second-order valence-electron chi connectivity index (χ2n) is 6.35. The van der Waals surface area contributed by atoms with Crippen LogP contribution in [0, 0.1) is 0 Å². The third kappa shape index (κ3) is 3.78. The van der Waals surface area contributed by atoms with E-state index >= 15 is 0 Å². The number of carbonyl (C=O) groups is 3. The second kappa shape index (κ2) is 7.42. The Bertz CT molecular complexity index is 670. The van der Waals surface area contributed by atoms with Crippen molar-refractivity contribution in [3.05, 3.63) is 5.82 Å². The summed E-state index contributed by atoms with van der Waals surface area (Å²) in [5, 5.41) is 10.9. The number of rotatable bonds is 6. The molecule has 136 valence electrons. The smallest absolute Gasteiger partial charge is 0.322 e. The Labute approximate surface area is 149 Å². The molecule has 3 N–H and O–H groups in total. The van der Waals surface area contributed by atoms with Gasteiger partial charge in [0, 0.05) is 6.42 Å². The molecule has 1 aromatic heterocycles. The SMILES string of the molecule is CCCc1nc(SCC(=O)NN2C(=O)NC3(CCCCC3)C2=O)n[nH]1. The number of carbonyl (C=O) groups excluding carboxylic acids is 3. The number of nitrogens with zero attached hydrogens (tertiary/aromatic N) is 3. The summed E-state index contributed by atoms with van der Waals surface area (Å²) in [4.78, 5) is 41.0. The summed E-state index contributed by atoms with van der Waals surface area (Å²) in [5.41, 5.74) is 1.56. The molecule has 1 spiro atoms. The molecule has 0 radical (unpaired) electrons. The van der Waals surface area contributed by atoms with Gasteiger partial charge in [-0.1, -0.05) is 37.9 Å². The first-order valence-electron chi connectivity index (χ1n) is 8.54. The lowest BCUT2D eigenvalue weighted by Gasteiger charge is -2.30. The van der Waals surface area contributed by atoms with Crippen LogP contribution in [-0.2, 0) is 16.0 Å². The summed E-state index contributed by atoms with van der Waals surface area (Å²) in [7, 11) is 0. The van der Waals surface area contributed by atoms with Crippen molar-refractivity contribution in [1.82, 2.24) is 30.9 Å². The van der Waals surface area contributed by atoms with E-state index in [1.54, 1.807) is 0 Å². The number of amides is 4. The maximum atomic E-state index is 12.6. The maximum absolute atomic E-state index is 12.6. The fourth-order valence-electron chi connectivity index (χ4n) is 3.19. The van der Waals surface area contributed by atoms with Gasteiger partial charge in [0.1, 0.15) is 11.4 Å². The third-order valence-electron chi connectivity index (χ3n) is 4.44. The standard InChI is InChI=1S/C15H22N6O3S/c1-2-6-10-16-13(19-18-10)25-9-11(22)20-21-12(23)15(17-14(21)24)7-4-3-5-8-15/h2-9H2,1H3,(H,17,24)(H,20,22)(H,16,18,19). The molecule has 1 saturated heterocycles. The van der Waals surface area contributed by atoms with Crippen LogP contribution < -0.4 is 10.7 Å². The van der Waals surface area contributed by atoms with E-state index in [0.717, 1.165) is 54.7 Å². The quantitative estimate of drug-likeness (QED) is 0.513. The molecule has 0 unspecified atom stereocenters. The molecule has 2 heterocycles. The van der Waals surface area contributed by atoms with Crippen LogP contribution in [0.2, 0.25) is 0 Å². The van der Waals surface area contributed by atoms with Gasteiger partial charge in [0.2, 0.25) is 11.1 Å². The van der Waals surface area contributed by atoms with Gasteiger partial charge >= 0.3 is 6.03 Å². The zero-order valence-corrected chi connectivity index (χ0v) is 14.9. The number of aryl methyl sites for hydroxylation is 1. The van der Waals surface area contributed by atoms with E-state index in [9.17, 15) is 14.4 Å². The highest BCUT2D eigenvalue weighted by atomic mass is 32.2. The van der Waals surface area contributed by atoms with Crippen molar-refractivity contribution < 1.29 is 14.4 Å². The van der Waals surface area contributed by atoms with Gasteiger partial charge in [-0.2, -0.15) is 5.01 Å². The van der Waals surface area contributed by atoms with Crippen molar-refractivity contribution in [2.75, 3.05) is 5.75 Å². The Kier molecular flexibility index (Phi) is 5.26. The lowest BCUT2D eigenvalue weighted by molar-refractivity contribution is -0.139. The van der Waals surface area contributed by atoms with E-state index in [-0.39, 0.29) is 11.7 Å². The molecule has 4 amide bonds. The molecule has 0 aromatic carbocycles. The fourth-order valence-corrected chi connectivity index (χ4v) is 3.80. The monoisotopic (exact) mass is 366 g/mol. The van der Waals surface area contributed by atoms with Crippen molar-refractivity contribution >= 4 is 29.6 Å². The summed E-state index contributed by atoms with van der Waals surface area (Å²) in [5.74, 6) is -0.00589. The molecule has 1 aromatic rings. The molecule has 10 heteroatoms. The number of aromatic amines is 1. The molecule has 3 rings (SSSR count).